The van der Waals surface area contributed by atoms with E-state index in [-0.39, 0.29) is 17.5 Å². The Hall–Kier alpha value is -0.450. The van der Waals surface area contributed by atoms with Gasteiger partial charge >= 0.3 is 0 Å². The predicted molar refractivity (Wildman–Crippen MR) is 78.7 cm³/mol. The van der Waals surface area contributed by atoms with Crippen molar-refractivity contribution in [1.29, 1.82) is 0 Å². The minimum absolute atomic E-state index is 0.115. The van der Waals surface area contributed by atoms with Gasteiger partial charge in [-0.25, -0.2) is 4.39 Å². The molecular formula is C15H21BrFNO. The van der Waals surface area contributed by atoms with Crippen molar-refractivity contribution < 1.29 is 9.13 Å². The van der Waals surface area contributed by atoms with Crippen LogP contribution in [-0.4, -0.2) is 18.8 Å². The Kier molecular flexibility index (Phi) is 4.98. The molecule has 1 fully saturated rings. The molecule has 1 N–H and O–H groups in total. The molecule has 0 saturated carbocycles. The monoisotopic (exact) mass is 329 g/mol. The van der Waals surface area contributed by atoms with E-state index in [4.69, 9.17) is 4.74 Å². The smallest absolute Gasteiger partial charge is 0.142 e. The van der Waals surface area contributed by atoms with E-state index in [9.17, 15) is 4.39 Å². The van der Waals surface area contributed by atoms with Gasteiger partial charge in [0.25, 0.3) is 0 Å². The van der Waals surface area contributed by atoms with Gasteiger partial charge in [-0.3, -0.25) is 0 Å². The summed E-state index contributed by atoms with van der Waals surface area (Å²) in [7, 11) is 0. The van der Waals surface area contributed by atoms with E-state index in [0.717, 1.165) is 32.4 Å². The summed E-state index contributed by atoms with van der Waals surface area (Å²) in [4.78, 5) is 0. The van der Waals surface area contributed by atoms with Gasteiger partial charge in [-0.15, -0.1) is 0 Å². The first kappa shape index (κ1) is 14.9. The molecule has 106 valence electrons. The second-order valence-corrected chi connectivity index (χ2v) is 6.11. The maximum Gasteiger partial charge on any atom is 0.142 e. The molecule has 0 amide bonds. The van der Waals surface area contributed by atoms with E-state index in [0.29, 0.717) is 10.0 Å². The molecule has 0 spiro atoms. The highest BCUT2D eigenvalue weighted by molar-refractivity contribution is 9.10. The summed E-state index contributed by atoms with van der Waals surface area (Å²) in [6.07, 6.45) is 3.18. The number of hydrogen-bond acceptors (Lipinski definition) is 2. The third kappa shape index (κ3) is 3.18. The van der Waals surface area contributed by atoms with Crippen LogP contribution in [0.4, 0.5) is 4.39 Å². The quantitative estimate of drug-likeness (QED) is 0.893. The van der Waals surface area contributed by atoms with E-state index in [1.807, 2.05) is 19.1 Å². The molecule has 4 heteroatoms. The van der Waals surface area contributed by atoms with Crippen LogP contribution in [0.25, 0.3) is 0 Å². The number of nitrogens with one attached hydrogen (secondary N) is 1. The average molecular weight is 330 g/mol. The van der Waals surface area contributed by atoms with Crippen molar-refractivity contribution in [2.24, 2.45) is 0 Å². The highest BCUT2D eigenvalue weighted by atomic mass is 79.9. The Morgan fingerprint density at radius 3 is 2.89 bits per heavy atom. The maximum atomic E-state index is 14.4. The van der Waals surface area contributed by atoms with E-state index in [1.54, 1.807) is 6.07 Å². The topological polar surface area (TPSA) is 21.3 Å². The summed E-state index contributed by atoms with van der Waals surface area (Å²) in [5.74, 6) is -0.191. The van der Waals surface area contributed by atoms with Gasteiger partial charge in [0, 0.05) is 12.2 Å². The van der Waals surface area contributed by atoms with Gasteiger partial charge in [0.1, 0.15) is 5.82 Å². The van der Waals surface area contributed by atoms with Crippen molar-refractivity contribution in [3.05, 3.63) is 34.1 Å². The first-order valence-corrected chi connectivity index (χ1v) is 7.69. The van der Waals surface area contributed by atoms with Gasteiger partial charge in [0.2, 0.25) is 0 Å². The second kappa shape index (κ2) is 6.33. The van der Waals surface area contributed by atoms with Gasteiger partial charge in [0.15, 0.2) is 0 Å². The Morgan fingerprint density at radius 1 is 1.47 bits per heavy atom. The summed E-state index contributed by atoms with van der Waals surface area (Å²) in [6, 6.07) is 5.33. The number of hydrogen-bond donors (Lipinski definition) is 1. The molecule has 1 aromatic rings. The SMILES string of the molecule is CCNC(c1cccc(Br)c1F)C1(C)CCCCO1. The van der Waals surface area contributed by atoms with Crippen LogP contribution in [0.2, 0.25) is 0 Å². The minimum Gasteiger partial charge on any atom is -0.373 e. The van der Waals surface area contributed by atoms with Crippen LogP contribution < -0.4 is 5.32 Å². The van der Waals surface area contributed by atoms with Gasteiger partial charge in [-0.2, -0.15) is 0 Å². The molecule has 0 radical (unpaired) electrons. The van der Waals surface area contributed by atoms with E-state index >= 15 is 0 Å². The average Bonchev–Trinajstić information content (AvgIpc) is 2.40. The zero-order valence-electron chi connectivity index (χ0n) is 11.5. The lowest BCUT2D eigenvalue weighted by Gasteiger charge is -2.41. The summed E-state index contributed by atoms with van der Waals surface area (Å²) < 4.78 is 20.8. The molecule has 1 aliphatic rings. The molecule has 2 rings (SSSR count). The number of halogens is 2. The lowest BCUT2D eigenvalue weighted by molar-refractivity contribution is -0.0901. The summed E-state index contributed by atoms with van der Waals surface area (Å²) in [6.45, 7) is 5.67. The number of likely N-dealkylation sites (N-methyl/N-ethyl adjacent to an activating group) is 1. The number of rotatable bonds is 4. The lowest BCUT2D eigenvalue weighted by atomic mass is 9.84. The minimum atomic E-state index is -0.337. The molecule has 2 unspecified atom stereocenters. The predicted octanol–water partition coefficient (Wildman–Crippen LogP) is 4.20. The first-order valence-electron chi connectivity index (χ1n) is 6.90. The Labute approximate surface area is 122 Å². The molecule has 0 bridgehead atoms. The Balaban J connectivity index is 2.36. The van der Waals surface area contributed by atoms with Crippen molar-refractivity contribution in [1.82, 2.24) is 5.32 Å². The van der Waals surface area contributed by atoms with Gasteiger partial charge in [0.05, 0.1) is 16.1 Å². The van der Waals surface area contributed by atoms with Crippen molar-refractivity contribution in [2.45, 2.75) is 44.8 Å². The third-order valence-electron chi connectivity index (χ3n) is 3.81. The van der Waals surface area contributed by atoms with Crippen molar-refractivity contribution >= 4 is 15.9 Å². The third-order valence-corrected chi connectivity index (χ3v) is 4.42. The molecule has 0 aromatic heterocycles. The normalized spacial score (nSPS) is 25.3. The van der Waals surface area contributed by atoms with Crippen LogP contribution in [0.3, 0.4) is 0 Å². The summed E-state index contributed by atoms with van der Waals surface area (Å²) in [5.41, 5.74) is 0.344. The van der Waals surface area contributed by atoms with Crippen molar-refractivity contribution in [2.75, 3.05) is 13.2 Å². The van der Waals surface area contributed by atoms with Gasteiger partial charge in [-0.1, -0.05) is 19.1 Å². The molecular weight excluding hydrogens is 309 g/mol. The Morgan fingerprint density at radius 2 is 2.26 bits per heavy atom. The van der Waals surface area contributed by atoms with Crippen LogP contribution >= 0.6 is 15.9 Å². The van der Waals surface area contributed by atoms with Crippen LogP contribution in [-0.2, 0) is 4.74 Å². The van der Waals surface area contributed by atoms with Crippen LogP contribution in [0.5, 0.6) is 0 Å². The zero-order valence-corrected chi connectivity index (χ0v) is 13.1. The zero-order chi connectivity index (χ0) is 13.9. The Bertz CT molecular complexity index is 432. The maximum absolute atomic E-state index is 14.4. The summed E-state index contributed by atoms with van der Waals surface area (Å²) >= 11 is 3.26. The molecule has 2 nitrogen and oxygen atoms in total. The van der Waals surface area contributed by atoms with Crippen molar-refractivity contribution in [3.63, 3.8) is 0 Å². The molecule has 1 aromatic carbocycles. The molecule has 1 heterocycles. The number of ether oxygens (including phenoxy) is 1. The second-order valence-electron chi connectivity index (χ2n) is 5.25. The van der Waals surface area contributed by atoms with Crippen LogP contribution in [0.1, 0.15) is 44.7 Å². The van der Waals surface area contributed by atoms with E-state index in [2.05, 4.69) is 28.2 Å². The summed E-state index contributed by atoms with van der Waals surface area (Å²) in [5, 5.41) is 3.39. The molecule has 0 aliphatic carbocycles. The standard InChI is InChI=1S/C15H21BrFNO/c1-3-18-14(15(2)9-4-5-10-19-15)11-7-6-8-12(16)13(11)17/h6-8,14,18H,3-5,9-10H2,1-2H3. The van der Waals surface area contributed by atoms with Crippen LogP contribution in [0, 0.1) is 5.82 Å². The number of benzene rings is 1. The lowest BCUT2D eigenvalue weighted by Crippen LogP contribution is -2.46. The van der Waals surface area contributed by atoms with E-state index in [1.165, 1.54) is 0 Å². The molecule has 19 heavy (non-hydrogen) atoms. The molecule has 1 aliphatic heterocycles. The fraction of sp³-hybridized carbons (Fsp3) is 0.600. The van der Waals surface area contributed by atoms with Crippen LogP contribution in [0.15, 0.2) is 22.7 Å². The van der Waals surface area contributed by atoms with Gasteiger partial charge in [-0.05, 0) is 54.7 Å². The van der Waals surface area contributed by atoms with Gasteiger partial charge < -0.3 is 10.1 Å². The highest BCUT2D eigenvalue weighted by Gasteiger charge is 2.38. The van der Waals surface area contributed by atoms with Crippen molar-refractivity contribution in [3.8, 4) is 0 Å². The van der Waals surface area contributed by atoms with E-state index < -0.39 is 0 Å². The largest absolute Gasteiger partial charge is 0.373 e. The fourth-order valence-electron chi connectivity index (χ4n) is 2.79. The molecule has 1 saturated heterocycles. The fourth-order valence-corrected chi connectivity index (χ4v) is 3.17. The first-order chi connectivity index (χ1) is 9.08. The highest BCUT2D eigenvalue weighted by Crippen LogP contribution is 2.38. The molecule has 2 atom stereocenters.